The molecule has 0 aliphatic carbocycles. The Balaban J connectivity index is 1.62. The third kappa shape index (κ3) is 5.01. The maximum Gasteiger partial charge on any atom is 0.246 e. The number of amides is 1. The van der Waals surface area contributed by atoms with Crippen molar-refractivity contribution in [2.45, 2.75) is 13.0 Å². The van der Waals surface area contributed by atoms with Gasteiger partial charge in [-0.05, 0) is 55.5 Å². The van der Waals surface area contributed by atoms with Crippen LogP contribution in [0.25, 0.3) is 0 Å². The number of nitrogens with one attached hydrogen (secondary N) is 2. The van der Waals surface area contributed by atoms with Crippen molar-refractivity contribution in [3.05, 3.63) is 78.4 Å². The lowest BCUT2D eigenvalue weighted by Crippen LogP contribution is -2.32. The Morgan fingerprint density at radius 1 is 0.897 bits per heavy atom. The van der Waals surface area contributed by atoms with Crippen molar-refractivity contribution in [2.75, 3.05) is 17.7 Å². The Bertz CT molecular complexity index is 973. The molecule has 7 heteroatoms. The summed E-state index contributed by atoms with van der Waals surface area (Å²) < 4.78 is 38.4. The van der Waals surface area contributed by atoms with Crippen LogP contribution in [-0.2, 0) is 4.79 Å². The Hall–Kier alpha value is -3.61. The van der Waals surface area contributed by atoms with Gasteiger partial charge in [0.2, 0.25) is 5.91 Å². The number of rotatable bonds is 7. The van der Waals surface area contributed by atoms with Gasteiger partial charge in [0.15, 0.2) is 11.5 Å². The number of ether oxygens (including phenoxy) is 2. The molecule has 1 atom stereocenters. The van der Waals surface area contributed by atoms with Crippen LogP contribution in [0.1, 0.15) is 6.92 Å². The molecule has 3 aromatic rings. The molecule has 150 valence electrons. The van der Waals surface area contributed by atoms with E-state index >= 15 is 0 Å². The number of anilines is 2. The van der Waals surface area contributed by atoms with Crippen LogP contribution in [0, 0.1) is 11.6 Å². The third-order valence-corrected chi connectivity index (χ3v) is 4.14. The van der Waals surface area contributed by atoms with Gasteiger partial charge in [-0.15, -0.1) is 0 Å². The van der Waals surface area contributed by atoms with Gasteiger partial charge in [-0.25, -0.2) is 8.78 Å². The molecule has 0 saturated heterocycles. The molecular formula is C22H20F2N2O3. The molecular weight excluding hydrogens is 378 g/mol. The van der Waals surface area contributed by atoms with Crippen LogP contribution in [0.3, 0.4) is 0 Å². The standard InChI is InChI=1S/C22H20F2N2O3/c1-14(22(27)26-21-17(23)6-5-7-18(21)24)25-15-10-12-16(13-11-15)29-20-9-4-3-8-19(20)28-2/h3-14,25H,1-2H3,(H,26,27). The van der Waals surface area contributed by atoms with E-state index in [1.807, 2.05) is 12.1 Å². The molecule has 29 heavy (non-hydrogen) atoms. The number of hydrogen-bond acceptors (Lipinski definition) is 4. The molecule has 0 aliphatic rings. The van der Waals surface area contributed by atoms with Gasteiger partial charge in [-0.3, -0.25) is 4.79 Å². The van der Waals surface area contributed by atoms with Crippen molar-refractivity contribution in [1.29, 1.82) is 0 Å². The zero-order valence-electron chi connectivity index (χ0n) is 15.9. The molecule has 0 saturated carbocycles. The van der Waals surface area contributed by atoms with Crippen molar-refractivity contribution in [1.82, 2.24) is 0 Å². The van der Waals surface area contributed by atoms with E-state index in [-0.39, 0.29) is 0 Å². The second kappa shape index (κ2) is 9.05. The SMILES string of the molecule is COc1ccccc1Oc1ccc(NC(C)C(=O)Nc2c(F)cccc2F)cc1. The summed E-state index contributed by atoms with van der Waals surface area (Å²) in [5, 5.41) is 5.24. The minimum Gasteiger partial charge on any atom is -0.493 e. The monoisotopic (exact) mass is 398 g/mol. The number of halogens is 2. The van der Waals surface area contributed by atoms with Crippen molar-refractivity contribution in [2.24, 2.45) is 0 Å². The van der Waals surface area contributed by atoms with E-state index in [4.69, 9.17) is 9.47 Å². The van der Waals surface area contributed by atoms with Gasteiger partial charge in [-0.1, -0.05) is 18.2 Å². The first-order valence-corrected chi connectivity index (χ1v) is 8.90. The fourth-order valence-corrected chi connectivity index (χ4v) is 2.61. The average Bonchev–Trinajstić information content (AvgIpc) is 2.72. The fraction of sp³-hybridized carbons (Fsp3) is 0.136. The molecule has 3 aromatic carbocycles. The summed E-state index contributed by atoms with van der Waals surface area (Å²) in [6, 6.07) is 16.9. The summed E-state index contributed by atoms with van der Waals surface area (Å²) in [6.45, 7) is 1.59. The van der Waals surface area contributed by atoms with Gasteiger partial charge in [0.05, 0.1) is 7.11 Å². The zero-order chi connectivity index (χ0) is 20.8. The summed E-state index contributed by atoms with van der Waals surface area (Å²) in [4.78, 5) is 12.3. The second-order valence-corrected chi connectivity index (χ2v) is 6.23. The van der Waals surface area contributed by atoms with Gasteiger partial charge in [-0.2, -0.15) is 0 Å². The topological polar surface area (TPSA) is 59.6 Å². The van der Waals surface area contributed by atoms with Crippen molar-refractivity contribution in [3.63, 3.8) is 0 Å². The van der Waals surface area contributed by atoms with Gasteiger partial charge in [0.25, 0.3) is 0 Å². The fourth-order valence-electron chi connectivity index (χ4n) is 2.61. The number of carbonyl (C=O) groups is 1. The summed E-state index contributed by atoms with van der Waals surface area (Å²) in [5.74, 6) is -0.448. The minimum atomic E-state index is -0.830. The molecule has 0 bridgehead atoms. The lowest BCUT2D eigenvalue weighted by molar-refractivity contribution is -0.116. The third-order valence-electron chi connectivity index (χ3n) is 4.14. The largest absolute Gasteiger partial charge is 0.493 e. The van der Waals surface area contributed by atoms with E-state index in [9.17, 15) is 13.6 Å². The summed E-state index contributed by atoms with van der Waals surface area (Å²) in [6.07, 6.45) is 0. The van der Waals surface area contributed by atoms with Crippen LogP contribution < -0.4 is 20.1 Å². The molecule has 0 radical (unpaired) electrons. The molecule has 2 N–H and O–H groups in total. The maximum absolute atomic E-state index is 13.7. The van der Waals surface area contributed by atoms with Gasteiger partial charge in [0, 0.05) is 5.69 Å². The number of para-hydroxylation sites is 3. The summed E-state index contributed by atoms with van der Waals surface area (Å²) in [5.41, 5.74) is 0.181. The van der Waals surface area contributed by atoms with Crippen LogP contribution in [0.4, 0.5) is 20.2 Å². The smallest absolute Gasteiger partial charge is 0.246 e. The van der Waals surface area contributed by atoms with E-state index in [0.717, 1.165) is 12.1 Å². The van der Waals surface area contributed by atoms with E-state index < -0.39 is 29.3 Å². The van der Waals surface area contributed by atoms with Gasteiger partial charge in [0.1, 0.15) is 29.1 Å². The Kier molecular flexibility index (Phi) is 6.29. The van der Waals surface area contributed by atoms with E-state index in [0.29, 0.717) is 22.9 Å². The molecule has 1 unspecified atom stereocenters. The highest BCUT2D eigenvalue weighted by Gasteiger charge is 2.17. The van der Waals surface area contributed by atoms with Crippen molar-refractivity contribution < 1.29 is 23.0 Å². The van der Waals surface area contributed by atoms with E-state index in [1.165, 1.54) is 6.07 Å². The molecule has 1 amide bonds. The van der Waals surface area contributed by atoms with Crippen LogP contribution in [0.5, 0.6) is 17.2 Å². The second-order valence-electron chi connectivity index (χ2n) is 6.23. The first kappa shape index (κ1) is 20.1. The van der Waals surface area contributed by atoms with Crippen molar-refractivity contribution >= 4 is 17.3 Å². The highest BCUT2D eigenvalue weighted by molar-refractivity contribution is 5.96. The zero-order valence-corrected chi connectivity index (χ0v) is 15.9. The summed E-state index contributed by atoms with van der Waals surface area (Å²) >= 11 is 0. The van der Waals surface area contributed by atoms with Crippen LogP contribution in [0.15, 0.2) is 66.7 Å². The predicted octanol–water partition coefficient (Wildman–Crippen LogP) is 5.20. The Labute approximate surface area is 167 Å². The highest BCUT2D eigenvalue weighted by atomic mass is 19.1. The maximum atomic E-state index is 13.7. The minimum absolute atomic E-state index is 0.466. The Morgan fingerprint density at radius 2 is 1.52 bits per heavy atom. The number of benzene rings is 3. The Morgan fingerprint density at radius 3 is 2.14 bits per heavy atom. The lowest BCUT2D eigenvalue weighted by Gasteiger charge is -2.16. The molecule has 0 spiro atoms. The normalized spacial score (nSPS) is 11.4. The quantitative estimate of drug-likeness (QED) is 0.574. The molecule has 0 aliphatic heterocycles. The molecule has 0 heterocycles. The molecule has 0 fully saturated rings. The molecule has 5 nitrogen and oxygen atoms in total. The van der Waals surface area contributed by atoms with Gasteiger partial charge >= 0.3 is 0 Å². The highest BCUT2D eigenvalue weighted by Crippen LogP contribution is 2.31. The van der Waals surface area contributed by atoms with Crippen LogP contribution in [-0.4, -0.2) is 19.1 Å². The van der Waals surface area contributed by atoms with E-state index in [1.54, 1.807) is 50.4 Å². The molecule has 0 aromatic heterocycles. The first-order chi connectivity index (χ1) is 14.0. The molecule has 3 rings (SSSR count). The predicted molar refractivity (Wildman–Crippen MR) is 108 cm³/mol. The first-order valence-electron chi connectivity index (χ1n) is 8.90. The number of hydrogen-bond donors (Lipinski definition) is 2. The number of methoxy groups -OCH3 is 1. The van der Waals surface area contributed by atoms with Crippen LogP contribution in [0.2, 0.25) is 0 Å². The lowest BCUT2D eigenvalue weighted by atomic mass is 10.2. The van der Waals surface area contributed by atoms with Gasteiger partial charge < -0.3 is 20.1 Å². The van der Waals surface area contributed by atoms with E-state index in [2.05, 4.69) is 10.6 Å². The number of carbonyl (C=O) groups excluding carboxylic acids is 1. The van der Waals surface area contributed by atoms with Crippen molar-refractivity contribution in [3.8, 4) is 17.2 Å². The summed E-state index contributed by atoms with van der Waals surface area (Å²) in [7, 11) is 1.56. The van der Waals surface area contributed by atoms with Crippen LogP contribution >= 0.6 is 0 Å². The average molecular weight is 398 g/mol.